The fourth-order valence-electron chi connectivity index (χ4n) is 1.56. The Morgan fingerprint density at radius 3 is 2.79 bits per heavy atom. The summed E-state index contributed by atoms with van der Waals surface area (Å²) in [5, 5.41) is 17.5. The number of amides is 1. The Morgan fingerprint density at radius 2 is 2.26 bits per heavy atom. The van der Waals surface area contributed by atoms with Crippen molar-refractivity contribution in [2.75, 3.05) is 0 Å². The van der Waals surface area contributed by atoms with Crippen LogP contribution in [0.1, 0.15) is 31.7 Å². The second-order valence-corrected chi connectivity index (χ2v) is 4.85. The van der Waals surface area contributed by atoms with Gasteiger partial charge in [0.1, 0.15) is 10.7 Å². The van der Waals surface area contributed by atoms with E-state index in [4.69, 9.17) is 5.11 Å². The summed E-state index contributed by atoms with van der Waals surface area (Å²) in [6, 6.07) is 1.68. The molecule has 2 rings (SSSR count). The molecule has 100 valence electrons. The predicted octanol–water partition coefficient (Wildman–Crippen LogP) is 0.813. The highest BCUT2D eigenvalue weighted by Gasteiger charge is 2.13. The van der Waals surface area contributed by atoms with Crippen molar-refractivity contribution in [1.82, 2.24) is 20.1 Å². The van der Waals surface area contributed by atoms with Gasteiger partial charge in [-0.05, 0) is 13.0 Å². The molecule has 0 aliphatic heterocycles. The number of aryl methyl sites for hydroxylation is 2. The molecule has 0 aliphatic rings. The summed E-state index contributed by atoms with van der Waals surface area (Å²) in [6.07, 6.45) is 0. The van der Waals surface area contributed by atoms with E-state index >= 15 is 0 Å². The number of rotatable bonds is 4. The Kier molecular flexibility index (Phi) is 3.61. The summed E-state index contributed by atoms with van der Waals surface area (Å²) in [5.41, 5.74) is 1.20. The highest BCUT2D eigenvalue weighted by molar-refractivity contribution is 7.09. The third-order valence-corrected chi connectivity index (χ3v) is 3.25. The van der Waals surface area contributed by atoms with Crippen molar-refractivity contribution >= 4 is 23.2 Å². The SMILES string of the molecule is Cc1cc(C(=O)NCc2nc(C(=O)O)cs2)n(C)n1. The summed E-state index contributed by atoms with van der Waals surface area (Å²) in [4.78, 5) is 26.4. The van der Waals surface area contributed by atoms with Crippen LogP contribution in [0.5, 0.6) is 0 Å². The van der Waals surface area contributed by atoms with Gasteiger partial charge in [0.15, 0.2) is 5.69 Å². The molecule has 2 N–H and O–H groups in total. The number of hydrogen-bond acceptors (Lipinski definition) is 5. The van der Waals surface area contributed by atoms with Crippen molar-refractivity contribution in [2.24, 2.45) is 7.05 Å². The van der Waals surface area contributed by atoms with Crippen LogP contribution in [0.3, 0.4) is 0 Å². The van der Waals surface area contributed by atoms with Crippen LogP contribution >= 0.6 is 11.3 Å². The van der Waals surface area contributed by atoms with E-state index in [0.29, 0.717) is 10.7 Å². The molecule has 2 aromatic heterocycles. The topological polar surface area (TPSA) is 97.1 Å². The van der Waals surface area contributed by atoms with Crippen LogP contribution in [0.4, 0.5) is 0 Å². The predicted molar refractivity (Wildman–Crippen MR) is 68.2 cm³/mol. The van der Waals surface area contributed by atoms with E-state index < -0.39 is 5.97 Å². The molecule has 0 radical (unpaired) electrons. The lowest BCUT2D eigenvalue weighted by atomic mass is 10.3. The average Bonchev–Trinajstić information content (AvgIpc) is 2.93. The zero-order valence-corrected chi connectivity index (χ0v) is 11.2. The maximum Gasteiger partial charge on any atom is 0.355 e. The summed E-state index contributed by atoms with van der Waals surface area (Å²) >= 11 is 1.20. The van der Waals surface area contributed by atoms with Crippen LogP contribution in [0.25, 0.3) is 0 Å². The van der Waals surface area contributed by atoms with E-state index in [1.54, 1.807) is 20.0 Å². The quantitative estimate of drug-likeness (QED) is 0.864. The molecular weight excluding hydrogens is 268 g/mol. The van der Waals surface area contributed by atoms with E-state index in [9.17, 15) is 9.59 Å². The van der Waals surface area contributed by atoms with Gasteiger partial charge in [-0.2, -0.15) is 5.10 Å². The van der Waals surface area contributed by atoms with Gasteiger partial charge in [-0.25, -0.2) is 9.78 Å². The first kappa shape index (κ1) is 13.2. The van der Waals surface area contributed by atoms with E-state index in [2.05, 4.69) is 15.4 Å². The molecule has 1 amide bonds. The van der Waals surface area contributed by atoms with Crippen LogP contribution in [-0.2, 0) is 13.6 Å². The fraction of sp³-hybridized carbons (Fsp3) is 0.273. The molecule has 0 spiro atoms. The number of carboxylic acid groups (broad SMARTS) is 1. The van der Waals surface area contributed by atoms with Gasteiger partial charge in [0, 0.05) is 12.4 Å². The molecule has 7 nitrogen and oxygen atoms in total. The van der Waals surface area contributed by atoms with Crippen LogP contribution in [0, 0.1) is 6.92 Å². The number of carbonyl (C=O) groups is 2. The van der Waals surface area contributed by atoms with E-state index in [1.807, 2.05) is 0 Å². The van der Waals surface area contributed by atoms with Gasteiger partial charge in [-0.3, -0.25) is 9.48 Å². The smallest absolute Gasteiger partial charge is 0.355 e. The molecule has 0 saturated carbocycles. The number of thiazole rings is 1. The summed E-state index contributed by atoms with van der Waals surface area (Å²) in [6.45, 7) is 2.00. The molecule has 2 heterocycles. The lowest BCUT2D eigenvalue weighted by Gasteiger charge is -2.02. The average molecular weight is 280 g/mol. The first-order chi connectivity index (χ1) is 8.97. The second kappa shape index (κ2) is 5.19. The van der Waals surface area contributed by atoms with E-state index in [1.165, 1.54) is 21.4 Å². The normalized spacial score (nSPS) is 10.4. The third-order valence-electron chi connectivity index (χ3n) is 2.41. The number of hydrogen-bond donors (Lipinski definition) is 2. The Bertz CT molecular complexity index is 632. The Balaban J connectivity index is 2.00. The number of aromatic nitrogens is 3. The van der Waals surface area contributed by atoms with Gasteiger partial charge >= 0.3 is 5.97 Å². The minimum atomic E-state index is -1.07. The fourth-order valence-corrected chi connectivity index (χ4v) is 2.27. The van der Waals surface area contributed by atoms with Gasteiger partial charge in [0.05, 0.1) is 12.2 Å². The van der Waals surface area contributed by atoms with Crippen molar-refractivity contribution in [1.29, 1.82) is 0 Å². The molecule has 0 aliphatic carbocycles. The van der Waals surface area contributed by atoms with Crippen molar-refractivity contribution < 1.29 is 14.7 Å². The number of nitrogens with one attached hydrogen (secondary N) is 1. The zero-order chi connectivity index (χ0) is 14.0. The number of nitrogens with zero attached hydrogens (tertiary/aromatic N) is 3. The van der Waals surface area contributed by atoms with Gasteiger partial charge in [-0.1, -0.05) is 0 Å². The summed E-state index contributed by atoms with van der Waals surface area (Å²) in [5.74, 6) is -1.34. The van der Waals surface area contributed by atoms with Gasteiger partial charge < -0.3 is 10.4 Å². The number of aromatic carboxylic acids is 1. The second-order valence-electron chi connectivity index (χ2n) is 3.91. The van der Waals surface area contributed by atoms with Gasteiger partial charge in [0.25, 0.3) is 5.91 Å². The Labute approximate surface area is 112 Å². The minimum absolute atomic E-state index is 0.00868. The van der Waals surface area contributed by atoms with Gasteiger partial charge in [-0.15, -0.1) is 11.3 Å². The lowest BCUT2D eigenvalue weighted by molar-refractivity contribution is 0.0691. The molecule has 2 aromatic rings. The number of carbonyl (C=O) groups excluding carboxylic acids is 1. The molecule has 0 fully saturated rings. The molecule has 8 heteroatoms. The molecule has 0 atom stereocenters. The summed E-state index contributed by atoms with van der Waals surface area (Å²) < 4.78 is 1.50. The lowest BCUT2D eigenvalue weighted by Crippen LogP contribution is -2.25. The maximum absolute atomic E-state index is 11.9. The molecule has 0 aromatic carbocycles. The first-order valence-electron chi connectivity index (χ1n) is 5.44. The van der Waals surface area contributed by atoms with Crippen LogP contribution in [0.15, 0.2) is 11.4 Å². The van der Waals surface area contributed by atoms with Crippen LogP contribution in [0.2, 0.25) is 0 Å². The standard InChI is InChI=1S/C11H12N4O3S/c1-6-3-8(15(2)14-6)10(16)12-4-9-13-7(5-19-9)11(17)18/h3,5H,4H2,1-2H3,(H,12,16)(H,17,18). The molecule has 0 bridgehead atoms. The van der Waals surface area contributed by atoms with Crippen molar-refractivity contribution in [3.05, 3.63) is 33.5 Å². The summed E-state index contributed by atoms with van der Waals surface area (Å²) in [7, 11) is 1.69. The first-order valence-corrected chi connectivity index (χ1v) is 6.32. The largest absolute Gasteiger partial charge is 0.476 e. The van der Waals surface area contributed by atoms with E-state index in [-0.39, 0.29) is 18.1 Å². The molecular formula is C11H12N4O3S. The maximum atomic E-state index is 11.9. The highest BCUT2D eigenvalue weighted by Crippen LogP contribution is 2.10. The minimum Gasteiger partial charge on any atom is -0.476 e. The zero-order valence-electron chi connectivity index (χ0n) is 10.4. The number of carboxylic acids is 1. The van der Waals surface area contributed by atoms with Crippen molar-refractivity contribution in [3.8, 4) is 0 Å². The Morgan fingerprint density at radius 1 is 1.53 bits per heavy atom. The van der Waals surface area contributed by atoms with Crippen LogP contribution in [-0.4, -0.2) is 31.7 Å². The highest BCUT2D eigenvalue weighted by atomic mass is 32.1. The third kappa shape index (κ3) is 2.97. The molecule has 0 unspecified atom stereocenters. The Hall–Kier alpha value is -2.22. The van der Waals surface area contributed by atoms with E-state index in [0.717, 1.165) is 5.69 Å². The molecule has 0 saturated heterocycles. The van der Waals surface area contributed by atoms with Crippen molar-refractivity contribution in [2.45, 2.75) is 13.5 Å². The van der Waals surface area contributed by atoms with Crippen molar-refractivity contribution in [3.63, 3.8) is 0 Å². The van der Waals surface area contributed by atoms with Gasteiger partial charge in [0.2, 0.25) is 0 Å². The molecule has 19 heavy (non-hydrogen) atoms. The monoisotopic (exact) mass is 280 g/mol. The van der Waals surface area contributed by atoms with Crippen LogP contribution < -0.4 is 5.32 Å².